The standard InChI is InChI=1S/C12H14FN/c1-14-8-10-6-2-4-9-5-3-7-11(13)12(9)10/h3,5-7,14H,2,4,8H2,1H3. The molecule has 74 valence electrons. The third kappa shape index (κ3) is 1.58. The van der Waals surface area contributed by atoms with Crippen LogP contribution in [0.15, 0.2) is 24.3 Å². The minimum absolute atomic E-state index is 0.0938. The van der Waals surface area contributed by atoms with Gasteiger partial charge in [0.15, 0.2) is 0 Å². The van der Waals surface area contributed by atoms with Crippen molar-refractivity contribution in [2.75, 3.05) is 13.6 Å². The van der Waals surface area contributed by atoms with Gasteiger partial charge in [0, 0.05) is 12.1 Å². The Hall–Kier alpha value is -1.15. The SMILES string of the molecule is CNCC1=CCCc2cccc(F)c21. The van der Waals surface area contributed by atoms with Crippen LogP contribution < -0.4 is 5.32 Å². The zero-order valence-corrected chi connectivity index (χ0v) is 8.31. The van der Waals surface area contributed by atoms with Crippen LogP contribution in [0.2, 0.25) is 0 Å². The van der Waals surface area contributed by atoms with Gasteiger partial charge < -0.3 is 5.32 Å². The lowest BCUT2D eigenvalue weighted by molar-refractivity contribution is 0.618. The van der Waals surface area contributed by atoms with Gasteiger partial charge in [0.1, 0.15) is 5.82 Å². The van der Waals surface area contributed by atoms with Gasteiger partial charge >= 0.3 is 0 Å². The van der Waals surface area contributed by atoms with Crippen molar-refractivity contribution >= 4 is 5.57 Å². The minimum Gasteiger partial charge on any atom is -0.316 e. The number of likely N-dealkylation sites (N-methyl/N-ethyl adjacent to an activating group) is 1. The highest BCUT2D eigenvalue weighted by Gasteiger charge is 2.15. The van der Waals surface area contributed by atoms with Crippen LogP contribution in [0.5, 0.6) is 0 Å². The Labute approximate surface area is 83.6 Å². The molecule has 1 aliphatic carbocycles. The Morgan fingerprint density at radius 2 is 2.29 bits per heavy atom. The minimum atomic E-state index is -0.0938. The van der Waals surface area contributed by atoms with Crippen LogP contribution in [0.1, 0.15) is 17.5 Å². The summed E-state index contributed by atoms with van der Waals surface area (Å²) in [5, 5.41) is 3.07. The van der Waals surface area contributed by atoms with Gasteiger partial charge in [0.05, 0.1) is 0 Å². The fourth-order valence-corrected chi connectivity index (χ4v) is 1.99. The number of benzene rings is 1. The number of halogens is 1. The summed E-state index contributed by atoms with van der Waals surface area (Å²) in [7, 11) is 1.88. The van der Waals surface area contributed by atoms with E-state index in [0.29, 0.717) is 0 Å². The molecule has 0 saturated heterocycles. The summed E-state index contributed by atoms with van der Waals surface area (Å²) in [6, 6.07) is 5.34. The van der Waals surface area contributed by atoms with Crippen LogP contribution in [0.3, 0.4) is 0 Å². The second kappa shape index (κ2) is 3.93. The quantitative estimate of drug-likeness (QED) is 0.756. The zero-order valence-electron chi connectivity index (χ0n) is 8.31. The van der Waals surface area contributed by atoms with E-state index in [-0.39, 0.29) is 5.82 Å². The molecule has 1 aliphatic rings. The molecule has 2 rings (SSSR count). The average Bonchev–Trinajstić information content (AvgIpc) is 2.19. The van der Waals surface area contributed by atoms with Gasteiger partial charge in [-0.15, -0.1) is 0 Å². The molecule has 0 aromatic heterocycles. The average molecular weight is 191 g/mol. The molecule has 0 unspecified atom stereocenters. The lowest BCUT2D eigenvalue weighted by Gasteiger charge is -2.18. The summed E-state index contributed by atoms with van der Waals surface area (Å²) in [5.41, 5.74) is 3.04. The summed E-state index contributed by atoms with van der Waals surface area (Å²) in [6.45, 7) is 0.744. The summed E-state index contributed by atoms with van der Waals surface area (Å²) in [6.07, 6.45) is 4.11. The Balaban J connectivity index is 2.45. The van der Waals surface area contributed by atoms with E-state index in [1.165, 1.54) is 6.07 Å². The molecule has 0 amide bonds. The van der Waals surface area contributed by atoms with Crippen LogP contribution in [0.4, 0.5) is 4.39 Å². The van der Waals surface area contributed by atoms with E-state index >= 15 is 0 Å². The smallest absolute Gasteiger partial charge is 0.131 e. The van der Waals surface area contributed by atoms with Gasteiger partial charge in [-0.25, -0.2) is 4.39 Å². The summed E-state index contributed by atoms with van der Waals surface area (Å²) in [5.74, 6) is -0.0938. The zero-order chi connectivity index (χ0) is 9.97. The number of rotatable bonds is 2. The fourth-order valence-electron chi connectivity index (χ4n) is 1.99. The van der Waals surface area contributed by atoms with Gasteiger partial charge in [-0.2, -0.15) is 0 Å². The molecule has 0 fully saturated rings. The Bertz CT molecular complexity index is 369. The molecular formula is C12H14FN. The fraction of sp³-hybridized carbons (Fsp3) is 0.333. The third-order valence-electron chi connectivity index (χ3n) is 2.59. The molecule has 14 heavy (non-hydrogen) atoms. The van der Waals surface area contributed by atoms with E-state index < -0.39 is 0 Å². The van der Waals surface area contributed by atoms with Crippen molar-refractivity contribution in [2.45, 2.75) is 12.8 Å². The summed E-state index contributed by atoms with van der Waals surface area (Å²) < 4.78 is 13.6. The van der Waals surface area contributed by atoms with E-state index in [1.807, 2.05) is 13.1 Å². The first-order chi connectivity index (χ1) is 6.83. The molecule has 1 aromatic rings. The third-order valence-corrected chi connectivity index (χ3v) is 2.59. The molecule has 0 aliphatic heterocycles. The Kier molecular flexibility index (Phi) is 2.64. The van der Waals surface area contributed by atoms with E-state index in [9.17, 15) is 4.39 Å². The van der Waals surface area contributed by atoms with Crippen molar-refractivity contribution < 1.29 is 4.39 Å². The van der Waals surface area contributed by atoms with E-state index in [2.05, 4.69) is 11.4 Å². The topological polar surface area (TPSA) is 12.0 Å². The predicted octanol–water partition coefficient (Wildman–Crippen LogP) is 2.37. The highest BCUT2D eigenvalue weighted by Crippen LogP contribution is 2.28. The lowest BCUT2D eigenvalue weighted by atomic mass is 9.90. The van der Waals surface area contributed by atoms with Crippen LogP contribution in [-0.4, -0.2) is 13.6 Å². The maximum atomic E-state index is 13.6. The van der Waals surface area contributed by atoms with Gasteiger partial charge in [0.25, 0.3) is 0 Å². The summed E-state index contributed by atoms with van der Waals surface area (Å²) >= 11 is 0. The molecule has 0 radical (unpaired) electrons. The molecular weight excluding hydrogens is 177 g/mol. The lowest BCUT2D eigenvalue weighted by Crippen LogP contribution is -2.14. The highest BCUT2D eigenvalue weighted by atomic mass is 19.1. The van der Waals surface area contributed by atoms with E-state index in [4.69, 9.17) is 0 Å². The first-order valence-electron chi connectivity index (χ1n) is 4.94. The second-order valence-corrected chi connectivity index (χ2v) is 3.57. The molecule has 0 spiro atoms. The maximum absolute atomic E-state index is 13.6. The number of allylic oxidation sites excluding steroid dienone is 1. The molecule has 0 saturated carbocycles. The number of hydrogen-bond acceptors (Lipinski definition) is 1. The van der Waals surface area contributed by atoms with Crippen molar-refractivity contribution in [3.05, 3.63) is 41.2 Å². The van der Waals surface area contributed by atoms with Crippen molar-refractivity contribution in [3.63, 3.8) is 0 Å². The number of aryl methyl sites for hydroxylation is 1. The monoisotopic (exact) mass is 191 g/mol. The number of nitrogens with one attached hydrogen (secondary N) is 1. The van der Waals surface area contributed by atoms with Crippen LogP contribution in [-0.2, 0) is 6.42 Å². The van der Waals surface area contributed by atoms with E-state index in [0.717, 1.165) is 36.1 Å². The molecule has 0 bridgehead atoms. The normalized spacial score (nSPS) is 14.9. The van der Waals surface area contributed by atoms with E-state index in [1.54, 1.807) is 6.07 Å². The first-order valence-corrected chi connectivity index (χ1v) is 4.94. The van der Waals surface area contributed by atoms with Crippen molar-refractivity contribution in [1.82, 2.24) is 5.32 Å². The Morgan fingerprint density at radius 1 is 1.43 bits per heavy atom. The number of fused-ring (bicyclic) bond motifs is 1. The molecule has 0 heterocycles. The second-order valence-electron chi connectivity index (χ2n) is 3.57. The predicted molar refractivity (Wildman–Crippen MR) is 56.6 cm³/mol. The summed E-state index contributed by atoms with van der Waals surface area (Å²) in [4.78, 5) is 0. The maximum Gasteiger partial charge on any atom is 0.131 e. The van der Waals surface area contributed by atoms with Crippen LogP contribution >= 0.6 is 0 Å². The molecule has 1 N–H and O–H groups in total. The van der Waals surface area contributed by atoms with Gasteiger partial charge in [-0.1, -0.05) is 18.2 Å². The largest absolute Gasteiger partial charge is 0.316 e. The van der Waals surface area contributed by atoms with Crippen molar-refractivity contribution in [1.29, 1.82) is 0 Å². The van der Waals surface area contributed by atoms with Gasteiger partial charge in [-0.05, 0) is 37.1 Å². The van der Waals surface area contributed by atoms with Crippen LogP contribution in [0.25, 0.3) is 5.57 Å². The molecule has 1 aromatic carbocycles. The van der Waals surface area contributed by atoms with Crippen LogP contribution in [0, 0.1) is 5.82 Å². The molecule has 1 nitrogen and oxygen atoms in total. The van der Waals surface area contributed by atoms with Gasteiger partial charge in [0.2, 0.25) is 0 Å². The highest BCUT2D eigenvalue weighted by molar-refractivity contribution is 5.71. The molecule has 2 heteroatoms. The van der Waals surface area contributed by atoms with Crippen molar-refractivity contribution in [3.8, 4) is 0 Å². The molecule has 0 atom stereocenters. The first kappa shape index (κ1) is 9.41. The number of hydrogen-bond donors (Lipinski definition) is 1. The Morgan fingerprint density at radius 3 is 3.07 bits per heavy atom. The van der Waals surface area contributed by atoms with Crippen molar-refractivity contribution in [2.24, 2.45) is 0 Å². The van der Waals surface area contributed by atoms with Gasteiger partial charge in [-0.3, -0.25) is 0 Å².